The number of rotatable bonds is 1. The predicted molar refractivity (Wildman–Crippen MR) is 66.6 cm³/mol. The van der Waals surface area contributed by atoms with E-state index in [4.69, 9.17) is 4.98 Å². The van der Waals surface area contributed by atoms with Crippen LogP contribution < -0.4 is 0 Å². The van der Waals surface area contributed by atoms with Gasteiger partial charge in [-0.05, 0) is 63.2 Å². The van der Waals surface area contributed by atoms with Crippen molar-refractivity contribution >= 4 is 0 Å². The maximum Gasteiger partial charge on any atom is 0.0651 e. The first-order valence-corrected chi connectivity index (χ1v) is 7.03. The largest absolute Gasteiger partial charge is 0.261 e. The monoisotopic (exact) mass is 228 g/mol. The van der Waals surface area contributed by atoms with Crippen LogP contribution in [0.3, 0.4) is 0 Å². The molecular formula is C15H20N2. The first-order valence-electron chi connectivity index (χ1n) is 7.03. The summed E-state index contributed by atoms with van der Waals surface area (Å²) in [6.07, 6.45) is 12.6. The molecule has 1 heterocycles. The van der Waals surface area contributed by atoms with Gasteiger partial charge in [-0.2, -0.15) is 0 Å². The summed E-state index contributed by atoms with van der Waals surface area (Å²) in [7, 11) is 0. The molecule has 5 rings (SSSR count). The van der Waals surface area contributed by atoms with Crippen molar-refractivity contribution in [3.05, 3.63) is 23.8 Å². The van der Waals surface area contributed by atoms with Crippen LogP contribution >= 0.6 is 0 Å². The van der Waals surface area contributed by atoms with Gasteiger partial charge in [-0.15, -0.1) is 0 Å². The Morgan fingerprint density at radius 3 is 2.12 bits per heavy atom. The van der Waals surface area contributed by atoms with Crippen molar-refractivity contribution in [2.45, 2.75) is 50.9 Å². The summed E-state index contributed by atoms with van der Waals surface area (Å²) in [5, 5.41) is 0. The lowest BCUT2D eigenvalue weighted by Gasteiger charge is -2.56. The van der Waals surface area contributed by atoms with Crippen LogP contribution in [0.5, 0.6) is 0 Å². The molecule has 4 fully saturated rings. The SMILES string of the molecule is Cc1cncc(C23CC4CC(CC(C4)C2)C3)n1. The maximum atomic E-state index is 4.80. The number of hydrogen-bond acceptors (Lipinski definition) is 2. The summed E-state index contributed by atoms with van der Waals surface area (Å²) < 4.78 is 0. The third kappa shape index (κ3) is 1.46. The minimum atomic E-state index is 0.410. The van der Waals surface area contributed by atoms with Crippen LogP contribution in [-0.4, -0.2) is 9.97 Å². The Morgan fingerprint density at radius 2 is 1.59 bits per heavy atom. The van der Waals surface area contributed by atoms with E-state index in [1.807, 2.05) is 12.4 Å². The zero-order valence-electron chi connectivity index (χ0n) is 10.5. The van der Waals surface area contributed by atoms with Gasteiger partial charge in [-0.3, -0.25) is 9.97 Å². The third-order valence-corrected chi connectivity index (χ3v) is 5.34. The molecule has 1 aromatic heterocycles. The van der Waals surface area contributed by atoms with Gasteiger partial charge in [0.25, 0.3) is 0 Å². The molecule has 4 bridgehead atoms. The van der Waals surface area contributed by atoms with Crippen molar-refractivity contribution in [1.82, 2.24) is 9.97 Å². The smallest absolute Gasteiger partial charge is 0.0651 e. The molecular weight excluding hydrogens is 208 g/mol. The first kappa shape index (κ1) is 10.0. The molecule has 1 aromatic rings. The van der Waals surface area contributed by atoms with Crippen molar-refractivity contribution in [2.24, 2.45) is 17.8 Å². The number of hydrogen-bond donors (Lipinski definition) is 0. The summed E-state index contributed by atoms with van der Waals surface area (Å²) in [6.45, 7) is 2.07. The summed E-state index contributed by atoms with van der Waals surface area (Å²) in [5.74, 6) is 2.97. The van der Waals surface area contributed by atoms with Gasteiger partial charge in [0.1, 0.15) is 0 Å². The average molecular weight is 228 g/mol. The van der Waals surface area contributed by atoms with E-state index in [0.717, 1.165) is 23.4 Å². The molecule has 0 radical (unpaired) electrons. The van der Waals surface area contributed by atoms with E-state index in [0.29, 0.717) is 5.41 Å². The highest BCUT2D eigenvalue weighted by Crippen LogP contribution is 2.60. The van der Waals surface area contributed by atoms with Gasteiger partial charge in [0.15, 0.2) is 0 Å². The van der Waals surface area contributed by atoms with E-state index in [1.54, 1.807) is 0 Å². The van der Waals surface area contributed by atoms with E-state index in [1.165, 1.54) is 44.2 Å². The Kier molecular flexibility index (Phi) is 1.95. The van der Waals surface area contributed by atoms with E-state index < -0.39 is 0 Å². The molecule has 0 saturated heterocycles. The average Bonchev–Trinajstić information content (AvgIpc) is 2.27. The number of aromatic nitrogens is 2. The van der Waals surface area contributed by atoms with Crippen molar-refractivity contribution < 1.29 is 0 Å². The van der Waals surface area contributed by atoms with E-state index in [9.17, 15) is 0 Å². The fourth-order valence-corrected chi connectivity index (χ4v) is 5.14. The molecule has 2 heteroatoms. The third-order valence-electron chi connectivity index (χ3n) is 5.34. The zero-order valence-corrected chi connectivity index (χ0v) is 10.5. The fourth-order valence-electron chi connectivity index (χ4n) is 5.14. The molecule has 2 nitrogen and oxygen atoms in total. The molecule has 4 saturated carbocycles. The van der Waals surface area contributed by atoms with E-state index in [2.05, 4.69) is 11.9 Å². The van der Waals surface area contributed by atoms with Crippen LogP contribution in [-0.2, 0) is 5.41 Å². The highest BCUT2D eigenvalue weighted by molar-refractivity contribution is 5.21. The second-order valence-corrected chi connectivity index (χ2v) is 6.74. The van der Waals surface area contributed by atoms with Gasteiger partial charge in [0.2, 0.25) is 0 Å². The summed E-state index contributed by atoms with van der Waals surface area (Å²) in [5.41, 5.74) is 2.79. The van der Waals surface area contributed by atoms with Crippen LogP contribution in [0.25, 0.3) is 0 Å². The Morgan fingerprint density at radius 1 is 1.00 bits per heavy atom. The molecule has 0 unspecified atom stereocenters. The normalized spacial score (nSPS) is 43.0. The van der Waals surface area contributed by atoms with E-state index in [-0.39, 0.29) is 0 Å². The minimum absolute atomic E-state index is 0.410. The molecule has 4 aliphatic carbocycles. The molecule has 0 spiro atoms. The summed E-state index contributed by atoms with van der Waals surface area (Å²) in [6, 6.07) is 0. The second kappa shape index (κ2) is 3.30. The van der Waals surface area contributed by atoms with Gasteiger partial charge < -0.3 is 0 Å². The van der Waals surface area contributed by atoms with Crippen molar-refractivity contribution in [3.8, 4) is 0 Å². The van der Waals surface area contributed by atoms with Gasteiger partial charge in [0.05, 0.1) is 11.4 Å². The van der Waals surface area contributed by atoms with E-state index >= 15 is 0 Å². The second-order valence-electron chi connectivity index (χ2n) is 6.74. The summed E-state index contributed by atoms with van der Waals surface area (Å²) in [4.78, 5) is 9.18. The summed E-state index contributed by atoms with van der Waals surface area (Å²) >= 11 is 0. The first-order chi connectivity index (χ1) is 8.23. The molecule has 90 valence electrons. The predicted octanol–water partition coefficient (Wildman–Crippen LogP) is 3.25. The molecule has 0 aromatic carbocycles. The van der Waals surface area contributed by atoms with Crippen molar-refractivity contribution in [1.29, 1.82) is 0 Å². The Hall–Kier alpha value is -0.920. The van der Waals surface area contributed by atoms with Crippen LogP contribution in [0.1, 0.15) is 49.9 Å². The molecule has 0 aliphatic heterocycles. The van der Waals surface area contributed by atoms with Crippen LogP contribution in [0.15, 0.2) is 12.4 Å². The van der Waals surface area contributed by atoms with Crippen LogP contribution in [0.4, 0.5) is 0 Å². The molecule has 17 heavy (non-hydrogen) atoms. The standard InChI is InChI=1S/C15H20N2/c1-10-8-16-9-14(17-10)15-5-11-2-12(6-15)4-13(3-11)7-15/h8-9,11-13H,2-7H2,1H3. The molecule has 0 N–H and O–H groups in total. The fraction of sp³-hybridized carbons (Fsp3) is 0.733. The molecule has 0 amide bonds. The Bertz CT molecular complexity index is 417. The van der Waals surface area contributed by atoms with Gasteiger partial charge in [-0.1, -0.05) is 0 Å². The number of aryl methyl sites for hydroxylation is 1. The van der Waals surface area contributed by atoms with Crippen LogP contribution in [0, 0.1) is 24.7 Å². The minimum Gasteiger partial charge on any atom is -0.261 e. The molecule has 4 aliphatic rings. The van der Waals surface area contributed by atoms with Crippen LogP contribution in [0.2, 0.25) is 0 Å². The van der Waals surface area contributed by atoms with Gasteiger partial charge in [-0.25, -0.2) is 0 Å². The lowest BCUT2D eigenvalue weighted by Crippen LogP contribution is -2.49. The Balaban J connectivity index is 1.77. The zero-order chi connectivity index (χ0) is 11.5. The van der Waals surface area contributed by atoms with Crippen molar-refractivity contribution in [3.63, 3.8) is 0 Å². The lowest BCUT2D eigenvalue weighted by atomic mass is 9.49. The van der Waals surface area contributed by atoms with Crippen molar-refractivity contribution in [2.75, 3.05) is 0 Å². The highest BCUT2D eigenvalue weighted by Gasteiger charge is 2.52. The van der Waals surface area contributed by atoms with Gasteiger partial charge in [0, 0.05) is 17.8 Å². The van der Waals surface area contributed by atoms with Gasteiger partial charge >= 0.3 is 0 Å². The highest BCUT2D eigenvalue weighted by atomic mass is 14.8. The molecule has 0 atom stereocenters. The number of nitrogens with zero attached hydrogens (tertiary/aromatic N) is 2. The lowest BCUT2D eigenvalue weighted by molar-refractivity contribution is -0.00743. The maximum absolute atomic E-state index is 4.80. The Labute approximate surface area is 103 Å². The topological polar surface area (TPSA) is 25.8 Å². The quantitative estimate of drug-likeness (QED) is 0.737.